The summed E-state index contributed by atoms with van der Waals surface area (Å²) in [4.78, 5) is 5.58. The number of benzene rings is 1. The van der Waals surface area contributed by atoms with Crippen LogP contribution in [0, 0.1) is 0 Å². The number of hydrogen-bond donors (Lipinski definition) is 0. The number of fused-ring (bicyclic) bond motifs is 3. The van der Waals surface area contributed by atoms with Gasteiger partial charge in [-0.1, -0.05) is 23.5 Å². The highest BCUT2D eigenvalue weighted by atomic mass is 79.9. The molecule has 1 aromatic carbocycles. The van der Waals surface area contributed by atoms with E-state index >= 15 is 0 Å². The molecular formula is C13H9BrN2OS. The fourth-order valence-corrected chi connectivity index (χ4v) is 3.00. The van der Waals surface area contributed by atoms with E-state index in [4.69, 9.17) is 4.42 Å². The zero-order chi connectivity index (χ0) is 11.2. The van der Waals surface area contributed by atoms with Crippen LogP contribution in [-0.4, -0.2) is 9.38 Å². The summed E-state index contributed by atoms with van der Waals surface area (Å²) >= 11 is 1.69. The number of furan rings is 1. The Morgan fingerprint density at radius 2 is 2.00 bits per heavy atom. The lowest BCUT2D eigenvalue weighted by atomic mass is 10.3. The molecule has 4 rings (SSSR count). The molecule has 3 nitrogen and oxygen atoms in total. The first-order chi connectivity index (χ1) is 8.42. The molecule has 0 aliphatic heterocycles. The highest BCUT2D eigenvalue weighted by Crippen LogP contribution is 2.29. The summed E-state index contributed by atoms with van der Waals surface area (Å²) in [6.07, 6.45) is 3.69. The Kier molecular flexibility index (Phi) is 2.72. The maximum absolute atomic E-state index is 5.36. The first-order valence-corrected chi connectivity index (χ1v) is 6.14. The van der Waals surface area contributed by atoms with Crippen LogP contribution < -0.4 is 0 Å². The summed E-state index contributed by atoms with van der Waals surface area (Å²) < 4.78 is 8.72. The highest BCUT2D eigenvalue weighted by Gasteiger charge is 2.10. The van der Waals surface area contributed by atoms with Crippen molar-refractivity contribution in [1.82, 2.24) is 9.38 Å². The third-order valence-electron chi connectivity index (χ3n) is 2.77. The van der Waals surface area contributed by atoms with E-state index < -0.39 is 0 Å². The molecule has 0 aliphatic carbocycles. The molecule has 4 aromatic rings. The van der Waals surface area contributed by atoms with Crippen molar-refractivity contribution >= 4 is 43.5 Å². The molecule has 3 aromatic heterocycles. The fraction of sp³-hybridized carbons (Fsp3) is 0. The zero-order valence-corrected chi connectivity index (χ0v) is 11.8. The van der Waals surface area contributed by atoms with Crippen LogP contribution in [0.25, 0.3) is 26.6 Å². The van der Waals surface area contributed by atoms with Gasteiger partial charge in [0.1, 0.15) is 5.69 Å². The molecule has 0 atom stereocenters. The first kappa shape index (κ1) is 11.5. The molecule has 5 heteroatoms. The van der Waals surface area contributed by atoms with Gasteiger partial charge in [-0.3, -0.25) is 4.40 Å². The number of nitrogens with zero attached hydrogens (tertiary/aromatic N) is 2. The maximum Gasteiger partial charge on any atom is 0.195 e. The second-order valence-corrected chi connectivity index (χ2v) is 4.83. The van der Waals surface area contributed by atoms with Crippen molar-refractivity contribution < 1.29 is 4.42 Å². The van der Waals surface area contributed by atoms with Crippen molar-refractivity contribution in [2.24, 2.45) is 0 Å². The predicted octanol–water partition coefficient (Wildman–Crippen LogP) is 4.39. The Hall–Kier alpha value is -1.59. The number of rotatable bonds is 1. The summed E-state index contributed by atoms with van der Waals surface area (Å²) in [5.41, 5.74) is 2.07. The third-order valence-corrected chi connectivity index (χ3v) is 3.81. The summed E-state index contributed by atoms with van der Waals surface area (Å²) in [5, 5.41) is 0. The van der Waals surface area contributed by atoms with Gasteiger partial charge in [0.15, 0.2) is 10.7 Å². The van der Waals surface area contributed by atoms with Gasteiger partial charge in [-0.05, 0) is 24.3 Å². The first-order valence-electron chi connectivity index (χ1n) is 5.32. The van der Waals surface area contributed by atoms with E-state index in [0.717, 1.165) is 16.4 Å². The normalized spacial score (nSPS) is 10.9. The number of thiazole rings is 1. The molecule has 0 saturated heterocycles. The molecule has 0 aliphatic rings. The van der Waals surface area contributed by atoms with Gasteiger partial charge in [0.2, 0.25) is 0 Å². The van der Waals surface area contributed by atoms with E-state index in [0.29, 0.717) is 0 Å². The number of aromatic nitrogens is 2. The smallest absolute Gasteiger partial charge is 0.195 e. The average Bonchev–Trinajstić information content (AvgIpc) is 3.03. The van der Waals surface area contributed by atoms with Crippen molar-refractivity contribution in [2.45, 2.75) is 0 Å². The Morgan fingerprint density at radius 3 is 2.83 bits per heavy atom. The van der Waals surface area contributed by atoms with Gasteiger partial charge < -0.3 is 4.42 Å². The zero-order valence-electron chi connectivity index (χ0n) is 9.24. The molecule has 0 radical (unpaired) electrons. The Balaban J connectivity index is 0.000001000. The van der Waals surface area contributed by atoms with Crippen LogP contribution in [0.3, 0.4) is 0 Å². The molecule has 0 unspecified atom stereocenters. The van der Waals surface area contributed by atoms with Gasteiger partial charge in [0, 0.05) is 6.20 Å². The van der Waals surface area contributed by atoms with Gasteiger partial charge in [0.25, 0.3) is 0 Å². The molecule has 0 fully saturated rings. The molecule has 0 N–H and O–H groups in total. The summed E-state index contributed by atoms with van der Waals surface area (Å²) in [5.74, 6) is 0.810. The lowest BCUT2D eigenvalue weighted by Crippen LogP contribution is -1.75. The van der Waals surface area contributed by atoms with Gasteiger partial charge in [-0.15, -0.1) is 17.0 Å². The van der Waals surface area contributed by atoms with Crippen LogP contribution in [0.4, 0.5) is 0 Å². The van der Waals surface area contributed by atoms with Crippen LogP contribution >= 0.6 is 28.3 Å². The van der Waals surface area contributed by atoms with E-state index in [1.165, 1.54) is 10.2 Å². The average molecular weight is 321 g/mol. The molecule has 90 valence electrons. The van der Waals surface area contributed by atoms with Crippen LogP contribution in [0.2, 0.25) is 0 Å². The minimum Gasteiger partial charge on any atom is -0.463 e. The quantitative estimate of drug-likeness (QED) is 0.521. The van der Waals surface area contributed by atoms with Gasteiger partial charge >= 0.3 is 0 Å². The molecule has 18 heavy (non-hydrogen) atoms. The molecule has 0 saturated carbocycles. The van der Waals surface area contributed by atoms with Crippen molar-refractivity contribution in [3.63, 3.8) is 0 Å². The Morgan fingerprint density at radius 1 is 1.11 bits per heavy atom. The number of imidazole rings is 1. The van der Waals surface area contributed by atoms with E-state index in [1.54, 1.807) is 17.6 Å². The van der Waals surface area contributed by atoms with E-state index in [9.17, 15) is 0 Å². The topological polar surface area (TPSA) is 30.4 Å². The summed E-state index contributed by atoms with van der Waals surface area (Å²) in [6, 6.07) is 12.1. The summed E-state index contributed by atoms with van der Waals surface area (Å²) in [7, 11) is 0. The largest absolute Gasteiger partial charge is 0.463 e. The molecule has 0 spiro atoms. The third kappa shape index (κ3) is 1.59. The Labute approximate surface area is 117 Å². The van der Waals surface area contributed by atoms with Crippen molar-refractivity contribution in [2.75, 3.05) is 0 Å². The van der Waals surface area contributed by atoms with Crippen LogP contribution in [0.5, 0.6) is 0 Å². The van der Waals surface area contributed by atoms with Gasteiger partial charge in [-0.2, -0.15) is 0 Å². The maximum atomic E-state index is 5.36. The van der Waals surface area contributed by atoms with Crippen LogP contribution in [0.15, 0.2) is 53.3 Å². The lowest BCUT2D eigenvalue weighted by Gasteiger charge is -1.89. The highest BCUT2D eigenvalue weighted by molar-refractivity contribution is 8.93. The summed E-state index contributed by atoms with van der Waals surface area (Å²) in [6.45, 7) is 0. The van der Waals surface area contributed by atoms with Crippen molar-refractivity contribution in [1.29, 1.82) is 0 Å². The van der Waals surface area contributed by atoms with E-state index in [1.807, 2.05) is 30.5 Å². The SMILES string of the molecule is Br.c1coc(-c2cn3c(n2)sc2ccccc23)c1. The van der Waals surface area contributed by atoms with Crippen LogP contribution in [-0.2, 0) is 0 Å². The van der Waals surface area contributed by atoms with Gasteiger partial charge in [-0.25, -0.2) is 4.98 Å². The van der Waals surface area contributed by atoms with E-state index in [2.05, 4.69) is 21.5 Å². The second kappa shape index (κ2) is 4.26. The monoisotopic (exact) mass is 320 g/mol. The predicted molar refractivity (Wildman–Crippen MR) is 78.6 cm³/mol. The molecule has 3 heterocycles. The number of halogens is 1. The number of para-hydroxylation sites is 1. The molecular weight excluding hydrogens is 312 g/mol. The standard InChI is InChI=1S/C13H8N2OS.BrH/c1-2-6-12-10(4-1)15-8-9(14-13(15)17-12)11-5-3-7-16-11;/h1-8H;1H. The molecule has 0 bridgehead atoms. The minimum atomic E-state index is 0. The second-order valence-electron chi connectivity index (χ2n) is 3.83. The van der Waals surface area contributed by atoms with Crippen molar-refractivity contribution in [3.8, 4) is 11.5 Å². The van der Waals surface area contributed by atoms with Crippen molar-refractivity contribution in [3.05, 3.63) is 48.9 Å². The van der Waals surface area contributed by atoms with E-state index in [-0.39, 0.29) is 17.0 Å². The number of hydrogen-bond acceptors (Lipinski definition) is 3. The Bertz CT molecular complexity index is 801. The lowest BCUT2D eigenvalue weighted by molar-refractivity contribution is 0.580. The van der Waals surface area contributed by atoms with Crippen LogP contribution in [0.1, 0.15) is 0 Å². The fourth-order valence-electron chi connectivity index (χ4n) is 1.99. The minimum absolute atomic E-state index is 0. The van der Waals surface area contributed by atoms with Gasteiger partial charge in [0.05, 0.1) is 16.5 Å². The molecule has 0 amide bonds.